The summed E-state index contributed by atoms with van der Waals surface area (Å²) in [6.07, 6.45) is 6.96. The lowest BCUT2D eigenvalue weighted by Gasteiger charge is -2.53. The predicted octanol–water partition coefficient (Wildman–Crippen LogP) is 2.39. The second kappa shape index (κ2) is 5.89. The van der Waals surface area contributed by atoms with E-state index in [9.17, 15) is 0 Å². The summed E-state index contributed by atoms with van der Waals surface area (Å²) in [5.41, 5.74) is 6.46. The van der Waals surface area contributed by atoms with Gasteiger partial charge in [-0.1, -0.05) is 26.2 Å². The van der Waals surface area contributed by atoms with Gasteiger partial charge in [-0.15, -0.1) is 0 Å². The van der Waals surface area contributed by atoms with Crippen molar-refractivity contribution in [2.75, 3.05) is 19.7 Å². The van der Waals surface area contributed by atoms with Gasteiger partial charge in [0.2, 0.25) is 0 Å². The summed E-state index contributed by atoms with van der Waals surface area (Å²) in [4.78, 5) is 2.67. The summed E-state index contributed by atoms with van der Waals surface area (Å²) in [5.74, 6) is 0.868. The fourth-order valence-electron chi connectivity index (χ4n) is 3.94. The smallest absolute Gasteiger partial charge is 0.0675 e. The number of ether oxygens (including phenoxy) is 1. The van der Waals surface area contributed by atoms with Crippen LogP contribution in [0.15, 0.2) is 0 Å². The van der Waals surface area contributed by atoms with Gasteiger partial charge < -0.3 is 10.5 Å². The van der Waals surface area contributed by atoms with Crippen molar-refractivity contribution in [2.45, 2.75) is 70.6 Å². The molecule has 2 rings (SSSR count). The minimum absolute atomic E-state index is 0.246. The Kier molecular flexibility index (Phi) is 4.68. The van der Waals surface area contributed by atoms with Gasteiger partial charge in [0, 0.05) is 24.7 Å². The summed E-state index contributed by atoms with van der Waals surface area (Å²) in [6.45, 7) is 9.51. The van der Waals surface area contributed by atoms with Gasteiger partial charge in [-0.05, 0) is 32.6 Å². The number of hydrogen-bond donors (Lipinski definition) is 1. The van der Waals surface area contributed by atoms with Crippen LogP contribution in [0.2, 0.25) is 0 Å². The SMILES string of the molecule is CCC1CCCC(CN)(N2CC(C)OCC2C)C1. The van der Waals surface area contributed by atoms with Crippen LogP contribution in [0.5, 0.6) is 0 Å². The van der Waals surface area contributed by atoms with Crippen LogP contribution in [0, 0.1) is 5.92 Å². The highest BCUT2D eigenvalue weighted by Gasteiger charge is 2.43. The predicted molar refractivity (Wildman–Crippen MR) is 75.6 cm³/mol. The Hall–Kier alpha value is -0.120. The normalized spacial score (nSPS) is 43.0. The quantitative estimate of drug-likeness (QED) is 0.840. The van der Waals surface area contributed by atoms with Gasteiger partial charge in [-0.2, -0.15) is 0 Å². The van der Waals surface area contributed by atoms with E-state index in [-0.39, 0.29) is 5.54 Å². The molecule has 0 spiro atoms. The van der Waals surface area contributed by atoms with E-state index in [1.165, 1.54) is 32.1 Å². The van der Waals surface area contributed by atoms with Crippen LogP contribution in [0.3, 0.4) is 0 Å². The number of hydrogen-bond acceptors (Lipinski definition) is 3. The highest BCUT2D eigenvalue weighted by molar-refractivity contribution is 4.99. The number of morpholine rings is 1. The first-order chi connectivity index (χ1) is 8.61. The topological polar surface area (TPSA) is 38.5 Å². The molecule has 106 valence electrons. The van der Waals surface area contributed by atoms with Crippen molar-refractivity contribution in [2.24, 2.45) is 11.7 Å². The average Bonchev–Trinajstić information content (AvgIpc) is 2.41. The van der Waals surface area contributed by atoms with E-state index in [1.807, 2.05) is 0 Å². The maximum absolute atomic E-state index is 6.21. The molecule has 3 heteroatoms. The summed E-state index contributed by atoms with van der Waals surface area (Å²) < 4.78 is 5.77. The Balaban J connectivity index is 2.14. The van der Waals surface area contributed by atoms with Gasteiger partial charge in [0.05, 0.1) is 12.7 Å². The van der Waals surface area contributed by atoms with E-state index in [4.69, 9.17) is 10.5 Å². The summed E-state index contributed by atoms with van der Waals surface area (Å²) in [6, 6.07) is 0.514. The molecule has 0 aromatic carbocycles. The molecular formula is C15H30N2O. The Morgan fingerprint density at radius 1 is 1.39 bits per heavy atom. The Morgan fingerprint density at radius 2 is 2.17 bits per heavy atom. The molecule has 2 fully saturated rings. The van der Waals surface area contributed by atoms with E-state index in [1.54, 1.807) is 0 Å². The summed E-state index contributed by atoms with van der Waals surface area (Å²) in [7, 11) is 0. The minimum Gasteiger partial charge on any atom is -0.376 e. The van der Waals surface area contributed by atoms with Crippen molar-refractivity contribution in [3.8, 4) is 0 Å². The van der Waals surface area contributed by atoms with Crippen molar-refractivity contribution >= 4 is 0 Å². The lowest BCUT2D eigenvalue weighted by Crippen LogP contribution is -2.63. The van der Waals surface area contributed by atoms with Crippen LogP contribution in [0.4, 0.5) is 0 Å². The fraction of sp³-hybridized carbons (Fsp3) is 1.00. The maximum Gasteiger partial charge on any atom is 0.0675 e. The summed E-state index contributed by atoms with van der Waals surface area (Å²) in [5, 5.41) is 0. The van der Waals surface area contributed by atoms with Crippen LogP contribution in [-0.4, -0.2) is 42.3 Å². The molecule has 1 saturated carbocycles. The van der Waals surface area contributed by atoms with Crippen molar-refractivity contribution in [3.05, 3.63) is 0 Å². The summed E-state index contributed by atoms with van der Waals surface area (Å²) >= 11 is 0. The van der Waals surface area contributed by atoms with E-state index < -0.39 is 0 Å². The van der Waals surface area contributed by atoms with E-state index in [0.717, 1.165) is 25.6 Å². The molecule has 1 saturated heterocycles. The molecule has 0 radical (unpaired) electrons. The Labute approximate surface area is 112 Å². The molecule has 0 amide bonds. The van der Waals surface area contributed by atoms with Gasteiger partial charge >= 0.3 is 0 Å². The van der Waals surface area contributed by atoms with E-state index in [0.29, 0.717) is 12.1 Å². The molecule has 0 bridgehead atoms. The first-order valence-corrected chi connectivity index (χ1v) is 7.69. The van der Waals surface area contributed by atoms with E-state index >= 15 is 0 Å². The molecule has 1 aliphatic carbocycles. The monoisotopic (exact) mass is 254 g/mol. The highest BCUT2D eigenvalue weighted by Crippen LogP contribution is 2.39. The molecule has 0 aromatic rings. The molecule has 2 N–H and O–H groups in total. The lowest BCUT2D eigenvalue weighted by molar-refractivity contribution is -0.106. The third-order valence-corrected chi connectivity index (χ3v) is 5.10. The molecule has 4 atom stereocenters. The molecule has 1 heterocycles. The average molecular weight is 254 g/mol. The number of nitrogens with two attached hydrogens (primary N) is 1. The Morgan fingerprint density at radius 3 is 2.83 bits per heavy atom. The molecule has 1 aliphatic heterocycles. The fourth-order valence-corrected chi connectivity index (χ4v) is 3.94. The van der Waals surface area contributed by atoms with Crippen molar-refractivity contribution < 1.29 is 4.74 Å². The lowest BCUT2D eigenvalue weighted by atomic mass is 9.73. The Bertz CT molecular complexity index is 271. The van der Waals surface area contributed by atoms with Crippen LogP contribution in [-0.2, 0) is 4.74 Å². The van der Waals surface area contributed by atoms with Crippen molar-refractivity contribution in [1.29, 1.82) is 0 Å². The van der Waals surface area contributed by atoms with Gasteiger partial charge in [-0.25, -0.2) is 0 Å². The van der Waals surface area contributed by atoms with Gasteiger partial charge in [0.15, 0.2) is 0 Å². The zero-order valence-electron chi connectivity index (χ0n) is 12.3. The van der Waals surface area contributed by atoms with E-state index in [2.05, 4.69) is 25.7 Å². The van der Waals surface area contributed by atoms with Crippen molar-refractivity contribution in [1.82, 2.24) is 4.90 Å². The van der Waals surface area contributed by atoms with Gasteiger partial charge in [0.1, 0.15) is 0 Å². The zero-order chi connectivity index (χ0) is 13.2. The maximum atomic E-state index is 6.21. The molecule has 4 unspecified atom stereocenters. The second-order valence-corrected chi connectivity index (χ2v) is 6.44. The number of rotatable bonds is 3. The third-order valence-electron chi connectivity index (χ3n) is 5.10. The first kappa shape index (κ1) is 14.3. The van der Waals surface area contributed by atoms with Crippen molar-refractivity contribution in [3.63, 3.8) is 0 Å². The second-order valence-electron chi connectivity index (χ2n) is 6.44. The first-order valence-electron chi connectivity index (χ1n) is 7.69. The molecule has 3 nitrogen and oxygen atoms in total. The largest absolute Gasteiger partial charge is 0.376 e. The third kappa shape index (κ3) is 2.73. The molecule has 18 heavy (non-hydrogen) atoms. The molecular weight excluding hydrogens is 224 g/mol. The van der Waals surface area contributed by atoms with Gasteiger partial charge in [0.25, 0.3) is 0 Å². The zero-order valence-corrected chi connectivity index (χ0v) is 12.3. The van der Waals surface area contributed by atoms with Crippen LogP contribution >= 0.6 is 0 Å². The van der Waals surface area contributed by atoms with Crippen LogP contribution in [0.25, 0.3) is 0 Å². The molecule has 2 aliphatic rings. The minimum atomic E-state index is 0.246. The highest BCUT2D eigenvalue weighted by atomic mass is 16.5. The standard InChI is InChI=1S/C15H30N2O/c1-4-14-6-5-7-15(8-14,11-16)17-9-13(3)18-10-12(17)2/h12-14H,4-11,16H2,1-3H3. The molecule has 0 aromatic heterocycles. The van der Waals surface area contributed by atoms with Gasteiger partial charge in [-0.3, -0.25) is 4.90 Å². The number of nitrogens with zero attached hydrogens (tertiary/aromatic N) is 1. The van der Waals surface area contributed by atoms with Crippen LogP contribution in [0.1, 0.15) is 52.9 Å². The van der Waals surface area contributed by atoms with Crippen LogP contribution < -0.4 is 5.73 Å².